The van der Waals surface area contributed by atoms with Crippen LogP contribution < -0.4 is 14.2 Å². The molecule has 2 aromatic heterocycles. The molecular formula is C22H24ClN5O3S. The van der Waals surface area contributed by atoms with E-state index in [2.05, 4.69) is 14.5 Å². The molecular weight excluding hydrogens is 450 g/mol. The second-order valence-corrected chi connectivity index (χ2v) is 9.24. The maximum absolute atomic E-state index is 13.0. The highest BCUT2D eigenvalue weighted by atomic mass is 35.5. The number of rotatable bonds is 7. The molecule has 0 bridgehead atoms. The van der Waals surface area contributed by atoms with Crippen LogP contribution in [0.3, 0.4) is 0 Å². The first kappa shape index (κ1) is 21.4. The summed E-state index contributed by atoms with van der Waals surface area (Å²) in [6.45, 7) is 2.79. The number of ether oxygens (including phenoxy) is 1. The highest BCUT2D eigenvalue weighted by molar-refractivity contribution is 7.98. The van der Waals surface area contributed by atoms with Crippen molar-refractivity contribution in [1.29, 1.82) is 0 Å². The molecule has 1 amide bonds. The van der Waals surface area contributed by atoms with Crippen LogP contribution in [0.15, 0.2) is 36.7 Å². The molecule has 10 heteroatoms. The van der Waals surface area contributed by atoms with E-state index in [0.29, 0.717) is 47.6 Å². The number of aliphatic hydroxyl groups is 1. The Hall–Kier alpha value is -2.46. The van der Waals surface area contributed by atoms with Gasteiger partial charge in [0.1, 0.15) is 11.3 Å². The van der Waals surface area contributed by atoms with Gasteiger partial charge in [-0.25, -0.2) is 9.24 Å². The molecule has 0 radical (unpaired) electrons. The lowest BCUT2D eigenvalue weighted by molar-refractivity contribution is 0.0764. The number of benzene rings is 1. The lowest BCUT2D eigenvalue weighted by Crippen LogP contribution is -2.29. The van der Waals surface area contributed by atoms with Crippen LogP contribution in [0.5, 0.6) is 11.5 Å². The number of hydrogen-bond acceptors (Lipinski definition) is 7. The van der Waals surface area contributed by atoms with Crippen molar-refractivity contribution < 1.29 is 14.6 Å². The number of aliphatic hydroxyl groups excluding tert-OH is 1. The van der Waals surface area contributed by atoms with E-state index in [9.17, 15) is 9.90 Å². The smallest absolute Gasteiger partial charge is 0.255 e. The summed E-state index contributed by atoms with van der Waals surface area (Å²) in [7, 11) is 0. The third-order valence-corrected chi connectivity index (χ3v) is 6.79. The number of nitrogens with zero attached hydrogens (tertiary/aromatic N) is 3. The van der Waals surface area contributed by atoms with Gasteiger partial charge in [0.05, 0.1) is 28.6 Å². The number of fused-ring (bicyclic) bond motifs is 1. The zero-order valence-corrected chi connectivity index (χ0v) is 19.1. The van der Waals surface area contributed by atoms with E-state index >= 15 is 0 Å². The Morgan fingerprint density at radius 3 is 2.88 bits per heavy atom. The molecule has 1 aliphatic heterocycles. The average molecular weight is 474 g/mol. The number of β-amino-alcohol motifs (C(OH)–C–C–N with tert-alkyl or cyclic N) is 1. The zero-order valence-electron chi connectivity index (χ0n) is 17.5. The second-order valence-electron chi connectivity index (χ2n) is 8.19. The van der Waals surface area contributed by atoms with E-state index in [1.807, 2.05) is 19.1 Å². The molecule has 5 rings (SSSR count). The summed E-state index contributed by atoms with van der Waals surface area (Å²) in [5.74, 6) is 1.07. The molecule has 168 valence electrons. The number of likely N-dealkylation sites (tertiary alicyclic amines) is 1. The molecule has 1 saturated heterocycles. The quantitative estimate of drug-likeness (QED) is 0.446. The van der Waals surface area contributed by atoms with Crippen LogP contribution in [0.1, 0.15) is 35.2 Å². The third-order valence-electron chi connectivity index (χ3n) is 5.70. The first-order valence-electron chi connectivity index (χ1n) is 10.6. The summed E-state index contributed by atoms with van der Waals surface area (Å²) in [6.07, 6.45) is 5.91. The van der Waals surface area contributed by atoms with E-state index in [0.717, 1.165) is 16.8 Å². The van der Waals surface area contributed by atoms with Gasteiger partial charge in [0.15, 0.2) is 5.75 Å². The van der Waals surface area contributed by atoms with Crippen molar-refractivity contribution in [3.05, 3.63) is 52.8 Å². The van der Waals surface area contributed by atoms with Crippen molar-refractivity contribution in [2.45, 2.75) is 38.3 Å². The molecule has 1 aromatic carbocycles. The van der Waals surface area contributed by atoms with Gasteiger partial charge in [-0.05, 0) is 43.9 Å². The summed E-state index contributed by atoms with van der Waals surface area (Å²) < 4.78 is 14.3. The van der Waals surface area contributed by atoms with Gasteiger partial charge in [0.2, 0.25) is 0 Å². The largest absolute Gasteiger partial charge is 0.455 e. The van der Waals surface area contributed by atoms with E-state index in [1.165, 1.54) is 25.0 Å². The Bertz CT molecular complexity index is 1170. The van der Waals surface area contributed by atoms with Crippen molar-refractivity contribution in [3.8, 4) is 11.5 Å². The summed E-state index contributed by atoms with van der Waals surface area (Å²) in [5.41, 5.74) is 2.86. The zero-order chi connectivity index (χ0) is 22.2. The minimum absolute atomic E-state index is 0.105. The van der Waals surface area contributed by atoms with Crippen LogP contribution in [0.25, 0.3) is 5.52 Å². The minimum atomic E-state index is -0.460. The Morgan fingerprint density at radius 2 is 2.16 bits per heavy atom. The highest BCUT2D eigenvalue weighted by Crippen LogP contribution is 2.34. The van der Waals surface area contributed by atoms with Crippen LogP contribution in [0.2, 0.25) is 5.02 Å². The van der Waals surface area contributed by atoms with Crippen LogP contribution in [0, 0.1) is 6.92 Å². The van der Waals surface area contributed by atoms with Crippen molar-refractivity contribution >= 4 is 40.8 Å². The average Bonchev–Trinajstić information content (AvgIpc) is 3.39. The van der Waals surface area contributed by atoms with Crippen LogP contribution in [-0.4, -0.2) is 50.8 Å². The molecule has 2 aliphatic rings. The van der Waals surface area contributed by atoms with Crippen LogP contribution in [0.4, 0.5) is 5.69 Å². The highest BCUT2D eigenvalue weighted by Gasteiger charge is 2.28. The standard InChI is InChI=1S/C22H24ClN5O3S/c1-13-17(22(30)27-9-7-15(29)11-27)12-28-21(13)20(6-8-24-28)31-16-4-5-19(18(23)10-16)26-32-25-14-2-3-14/h4-6,8,10,12,14-15,25-26,29H,2-3,7,9,11H2,1H3/t15-/m1/s1. The molecule has 1 aliphatic carbocycles. The second kappa shape index (κ2) is 8.82. The monoisotopic (exact) mass is 473 g/mol. The molecule has 0 unspecified atom stereocenters. The number of carbonyl (C=O) groups is 1. The SMILES string of the molecule is Cc1c(C(=O)N2CC[C@@H](O)C2)cn2nccc(Oc3ccc(NSNC4CC4)c(Cl)c3)c12. The first-order chi connectivity index (χ1) is 15.5. The van der Waals surface area contributed by atoms with Gasteiger partial charge < -0.3 is 19.5 Å². The number of carbonyl (C=O) groups excluding carboxylic acids is 1. The fraction of sp³-hybridized carbons (Fsp3) is 0.364. The predicted molar refractivity (Wildman–Crippen MR) is 125 cm³/mol. The van der Waals surface area contributed by atoms with E-state index in [-0.39, 0.29) is 5.91 Å². The number of halogens is 1. The number of aryl methyl sites for hydroxylation is 1. The molecule has 1 atom stereocenters. The maximum Gasteiger partial charge on any atom is 0.255 e. The minimum Gasteiger partial charge on any atom is -0.455 e. The van der Waals surface area contributed by atoms with Gasteiger partial charge in [-0.1, -0.05) is 11.6 Å². The van der Waals surface area contributed by atoms with Gasteiger partial charge in [0.25, 0.3) is 5.91 Å². The van der Waals surface area contributed by atoms with Crippen LogP contribution in [-0.2, 0) is 0 Å². The van der Waals surface area contributed by atoms with E-state index in [4.69, 9.17) is 16.3 Å². The number of anilines is 1. The Balaban J connectivity index is 1.36. The fourth-order valence-electron chi connectivity index (χ4n) is 3.76. The molecule has 3 heterocycles. The molecule has 1 saturated carbocycles. The predicted octanol–water partition coefficient (Wildman–Crippen LogP) is 4.02. The Labute approximate surface area is 195 Å². The fourth-order valence-corrected chi connectivity index (χ4v) is 4.78. The van der Waals surface area contributed by atoms with Gasteiger partial charge in [-0.15, -0.1) is 0 Å². The third kappa shape index (κ3) is 4.38. The molecule has 3 N–H and O–H groups in total. The summed E-state index contributed by atoms with van der Waals surface area (Å²) >= 11 is 7.87. The Morgan fingerprint density at radius 1 is 1.31 bits per heavy atom. The molecule has 8 nitrogen and oxygen atoms in total. The molecule has 0 spiro atoms. The molecule has 32 heavy (non-hydrogen) atoms. The summed E-state index contributed by atoms with van der Waals surface area (Å²) in [6, 6.07) is 7.83. The van der Waals surface area contributed by atoms with Crippen molar-refractivity contribution in [2.75, 3.05) is 17.8 Å². The van der Waals surface area contributed by atoms with Gasteiger partial charge >= 0.3 is 0 Å². The summed E-state index contributed by atoms with van der Waals surface area (Å²) in [5, 5.41) is 14.7. The van der Waals surface area contributed by atoms with Crippen molar-refractivity contribution in [3.63, 3.8) is 0 Å². The van der Waals surface area contributed by atoms with Crippen molar-refractivity contribution in [1.82, 2.24) is 19.2 Å². The normalized spacial score (nSPS) is 18.3. The maximum atomic E-state index is 13.0. The number of amides is 1. The van der Waals surface area contributed by atoms with Gasteiger partial charge in [-0.2, -0.15) is 5.10 Å². The lowest BCUT2D eigenvalue weighted by Gasteiger charge is -2.15. The molecule has 3 aromatic rings. The van der Waals surface area contributed by atoms with Gasteiger partial charge in [0, 0.05) is 49.6 Å². The van der Waals surface area contributed by atoms with Gasteiger partial charge in [-0.3, -0.25) is 4.79 Å². The topological polar surface area (TPSA) is 91.1 Å². The first-order valence-corrected chi connectivity index (χ1v) is 11.8. The Kier molecular flexibility index (Phi) is 5.90. The lowest BCUT2D eigenvalue weighted by atomic mass is 10.1. The van der Waals surface area contributed by atoms with E-state index in [1.54, 1.807) is 33.9 Å². The van der Waals surface area contributed by atoms with Crippen LogP contribution >= 0.6 is 23.7 Å². The number of nitrogens with one attached hydrogen (secondary N) is 2. The molecule has 2 fully saturated rings. The van der Waals surface area contributed by atoms with E-state index < -0.39 is 6.10 Å². The summed E-state index contributed by atoms with van der Waals surface area (Å²) in [4.78, 5) is 14.6. The number of hydrogen-bond donors (Lipinski definition) is 3. The number of aromatic nitrogens is 2. The van der Waals surface area contributed by atoms with Crippen molar-refractivity contribution in [2.24, 2.45) is 0 Å².